The Hall–Kier alpha value is -1.57. The van der Waals surface area contributed by atoms with Crippen molar-refractivity contribution in [2.75, 3.05) is 0 Å². The Morgan fingerprint density at radius 1 is 1.20 bits per heavy atom. The van der Waals surface area contributed by atoms with Gasteiger partial charge in [0.2, 0.25) is 0 Å². The second kappa shape index (κ2) is 7.28. The van der Waals surface area contributed by atoms with Crippen molar-refractivity contribution < 1.29 is 0 Å². The third-order valence-electron chi connectivity index (χ3n) is 3.93. The van der Waals surface area contributed by atoms with Crippen LogP contribution in [0.2, 0.25) is 0 Å². The first kappa shape index (κ1) is 14.8. The zero-order chi connectivity index (χ0) is 14.4. The van der Waals surface area contributed by atoms with E-state index in [9.17, 15) is 4.79 Å². The van der Waals surface area contributed by atoms with E-state index in [0.717, 1.165) is 35.5 Å². The third-order valence-corrected chi connectivity index (χ3v) is 3.93. The van der Waals surface area contributed by atoms with Crippen LogP contribution in [0.5, 0.6) is 0 Å². The molecular weight excluding hydrogens is 246 g/mol. The number of unbranched alkanes of at least 4 members (excludes halogenated alkanes) is 4. The monoisotopic (exact) mass is 271 g/mol. The second-order valence-corrected chi connectivity index (χ2v) is 5.53. The van der Waals surface area contributed by atoms with Gasteiger partial charge in [-0.2, -0.15) is 0 Å². The van der Waals surface area contributed by atoms with Crippen molar-refractivity contribution in [2.45, 2.75) is 51.9 Å². The zero-order valence-electron chi connectivity index (χ0n) is 12.7. The molecule has 0 aromatic carbocycles. The van der Waals surface area contributed by atoms with Crippen LogP contribution >= 0.6 is 0 Å². The zero-order valence-corrected chi connectivity index (χ0v) is 12.7. The fraction of sp³-hybridized carbons (Fsp3) is 0.500. The van der Waals surface area contributed by atoms with Crippen LogP contribution in [0.25, 0.3) is 18.2 Å². The summed E-state index contributed by atoms with van der Waals surface area (Å²) in [7, 11) is 2.05. The first-order chi connectivity index (χ1) is 9.74. The van der Waals surface area contributed by atoms with Crippen LogP contribution in [-0.2, 0) is 7.05 Å². The van der Waals surface area contributed by atoms with E-state index in [1.54, 1.807) is 6.07 Å². The third kappa shape index (κ3) is 3.50. The largest absolute Gasteiger partial charge is 0.344 e. The van der Waals surface area contributed by atoms with Crippen molar-refractivity contribution in [1.29, 1.82) is 0 Å². The lowest BCUT2D eigenvalue weighted by molar-refractivity contribution is 0.675. The molecule has 0 unspecified atom stereocenters. The Labute approximate surface area is 121 Å². The highest BCUT2D eigenvalue weighted by Gasteiger charge is 2.03. The molecule has 1 heterocycles. The van der Waals surface area contributed by atoms with Crippen LogP contribution in [0.4, 0.5) is 0 Å². The Kier molecular flexibility index (Phi) is 5.40. The molecule has 0 atom stereocenters. The van der Waals surface area contributed by atoms with Crippen molar-refractivity contribution in [3.05, 3.63) is 38.6 Å². The maximum atomic E-state index is 12.1. The van der Waals surface area contributed by atoms with E-state index in [0.29, 0.717) is 0 Å². The van der Waals surface area contributed by atoms with Gasteiger partial charge in [0.25, 0.3) is 0 Å². The molecule has 2 nitrogen and oxygen atoms in total. The SMILES string of the molecule is CCCCCC/C=C/c1cc(=O)c2c(n1C)=CCCC=2. The van der Waals surface area contributed by atoms with Gasteiger partial charge in [0.15, 0.2) is 5.43 Å². The summed E-state index contributed by atoms with van der Waals surface area (Å²) in [5.74, 6) is 0. The minimum Gasteiger partial charge on any atom is -0.344 e. The standard InChI is InChI=1S/C18H25NO/c1-3-4-5-6-7-8-11-15-14-18(20)16-12-9-10-13-17(16)19(15)2/h8,11-14H,3-7,9-10H2,1-2H3/b11-8+. The fourth-order valence-corrected chi connectivity index (χ4v) is 2.71. The van der Waals surface area contributed by atoms with E-state index in [1.807, 2.05) is 7.05 Å². The van der Waals surface area contributed by atoms with Gasteiger partial charge in [0.05, 0.1) is 0 Å². The summed E-state index contributed by atoms with van der Waals surface area (Å²) in [5.41, 5.74) is 1.16. The molecular formula is C18H25NO. The van der Waals surface area contributed by atoms with E-state index in [2.05, 4.69) is 35.8 Å². The summed E-state index contributed by atoms with van der Waals surface area (Å²) in [6, 6.07) is 1.76. The Bertz CT molecular complexity index is 649. The molecule has 0 bridgehead atoms. The molecule has 108 valence electrons. The van der Waals surface area contributed by atoms with Gasteiger partial charge in [-0.05, 0) is 31.8 Å². The quantitative estimate of drug-likeness (QED) is 0.729. The lowest BCUT2D eigenvalue weighted by atomic mass is 10.1. The van der Waals surface area contributed by atoms with Crippen molar-refractivity contribution in [2.24, 2.45) is 7.05 Å². The highest BCUT2D eigenvalue weighted by atomic mass is 16.1. The summed E-state index contributed by atoms with van der Waals surface area (Å²) >= 11 is 0. The minimum atomic E-state index is 0.152. The van der Waals surface area contributed by atoms with Gasteiger partial charge in [-0.25, -0.2) is 0 Å². The highest BCUT2D eigenvalue weighted by molar-refractivity contribution is 5.47. The van der Waals surface area contributed by atoms with Gasteiger partial charge in [-0.1, -0.05) is 44.4 Å². The Morgan fingerprint density at radius 2 is 2.00 bits per heavy atom. The maximum Gasteiger partial charge on any atom is 0.189 e. The van der Waals surface area contributed by atoms with E-state index >= 15 is 0 Å². The first-order valence-electron chi connectivity index (χ1n) is 7.81. The lowest BCUT2D eigenvalue weighted by Crippen LogP contribution is -2.46. The average molecular weight is 271 g/mol. The van der Waals surface area contributed by atoms with Crippen LogP contribution in [0, 0.1) is 0 Å². The van der Waals surface area contributed by atoms with Crippen molar-refractivity contribution >= 4 is 18.2 Å². The molecule has 2 rings (SSSR count). The van der Waals surface area contributed by atoms with Crippen molar-refractivity contribution in [3.63, 3.8) is 0 Å². The number of aromatic nitrogens is 1. The lowest BCUT2D eigenvalue weighted by Gasteiger charge is -2.09. The van der Waals surface area contributed by atoms with Gasteiger partial charge in [-0.15, -0.1) is 0 Å². The normalized spacial score (nSPS) is 13.9. The molecule has 0 fully saturated rings. The number of hydrogen-bond donors (Lipinski definition) is 0. The summed E-state index contributed by atoms with van der Waals surface area (Å²) < 4.78 is 2.13. The van der Waals surface area contributed by atoms with Gasteiger partial charge >= 0.3 is 0 Å². The van der Waals surface area contributed by atoms with Crippen LogP contribution in [0.1, 0.15) is 57.6 Å². The second-order valence-electron chi connectivity index (χ2n) is 5.53. The van der Waals surface area contributed by atoms with Gasteiger partial charge in [-0.3, -0.25) is 4.79 Å². The maximum absolute atomic E-state index is 12.1. The van der Waals surface area contributed by atoms with Crippen molar-refractivity contribution in [3.8, 4) is 0 Å². The van der Waals surface area contributed by atoms with Crippen LogP contribution in [0.3, 0.4) is 0 Å². The predicted molar refractivity (Wildman–Crippen MR) is 86.9 cm³/mol. The molecule has 0 amide bonds. The number of rotatable bonds is 6. The number of allylic oxidation sites excluding steroid dienone is 1. The first-order valence-corrected chi connectivity index (χ1v) is 7.81. The molecule has 1 aromatic heterocycles. The van der Waals surface area contributed by atoms with E-state index in [1.165, 1.54) is 25.7 Å². The summed E-state index contributed by atoms with van der Waals surface area (Å²) in [4.78, 5) is 12.1. The number of pyridine rings is 1. The number of fused-ring (bicyclic) bond motifs is 1. The van der Waals surface area contributed by atoms with Crippen molar-refractivity contribution in [1.82, 2.24) is 4.57 Å². The molecule has 0 N–H and O–H groups in total. The molecule has 2 heteroatoms. The minimum absolute atomic E-state index is 0.152. The van der Waals surface area contributed by atoms with Gasteiger partial charge in [0, 0.05) is 29.4 Å². The average Bonchev–Trinajstić information content (AvgIpc) is 2.47. The molecule has 0 saturated heterocycles. The Morgan fingerprint density at radius 3 is 2.80 bits per heavy atom. The van der Waals surface area contributed by atoms with Crippen LogP contribution in [-0.4, -0.2) is 4.57 Å². The predicted octanol–water partition coefficient (Wildman–Crippen LogP) is 2.72. The number of nitrogens with zero attached hydrogens (tertiary/aromatic N) is 1. The molecule has 0 radical (unpaired) electrons. The van der Waals surface area contributed by atoms with Crippen LogP contribution < -0.4 is 16.0 Å². The van der Waals surface area contributed by atoms with E-state index in [4.69, 9.17) is 0 Å². The van der Waals surface area contributed by atoms with E-state index in [-0.39, 0.29) is 5.43 Å². The fourth-order valence-electron chi connectivity index (χ4n) is 2.71. The summed E-state index contributed by atoms with van der Waals surface area (Å²) in [6.07, 6.45) is 16.8. The Balaban J connectivity index is 2.16. The van der Waals surface area contributed by atoms with Crippen LogP contribution in [0.15, 0.2) is 16.9 Å². The highest BCUT2D eigenvalue weighted by Crippen LogP contribution is 2.05. The smallest absolute Gasteiger partial charge is 0.189 e. The summed E-state index contributed by atoms with van der Waals surface area (Å²) in [6.45, 7) is 2.23. The van der Waals surface area contributed by atoms with E-state index < -0.39 is 0 Å². The topological polar surface area (TPSA) is 22.0 Å². The molecule has 20 heavy (non-hydrogen) atoms. The molecule has 1 aliphatic rings. The molecule has 0 saturated carbocycles. The molecule has 0 spiro atoms. The number of hydrogen-bond acceptors (Lipinski definition) is 1. The molecule has 1 aliphatic carbocycles. The summed E-state index contributed by atoms with van der Waals surface area (Å²) in [5, 5.41) is 1.95. The molecule has 0 aliphatic heterocycles. The molecule has 1 aromatic rings. The van der Waals surface area contributed by atoms with Gasteiger partial charge < -0.3 is 4.57 Å². The van der Waals surface area contributed by atoms with Gasteiger partial charge in [0.1, 0.15) is 0 Å².